The van der Waals surface area contributed by atoms with Crippen molar-refractivity contribution in [2.24, 2.45) is 17.6 Å². The van der Waals surface area contributed by atoms with E-state index < -0.39 is 0 Å². The van der Waals surface area contributed by atoms with Crippen molar-refractivity contribution < 1.29 is 4.39 Å². The van der Waals surface area contributed by atoms with E-state index in [0.29, 0.717) is 11.8 Å². The van der Waals surface area contributed by atoms with Crippen molar-refractivity contribution in [3.05, 3.63) is 35.1 Å². The molecule has 2 unspecified atom stereocenters. The molecule has 1 fully saturated rings. The standard InChI is InChI=1S/C16H24FN/c1-12-7-8-16(17)10-15(12)9-13-5-3-2-4-6-14(13)11-18/h7-8,10,13-14H,2-6,9,11,18H2,1H3. The molecule has 2 heteroatoms. The Morgan fingerprint density at radius 1 is 1.17 bits per heavy atom. The Labute approximate surface area is 110 Å². The molecule has 1 aliphatic rings. The van der Waals surface area contributed by atoms with E-state index in [1.54, 1.807) is 12.1 Å². The van der Waals surface area contributed by atoms with Gasteiger partial charge < -0.3 is 5.73 Å². The molecule has 2 atom stereocenters. The highest BCUT2D eigenvalue weighted by Crippen LogP contribution is 2.31. The van der Waals surface area contributed by atoms with Gasteiger partial charge in [0.05, 0.1) is 0 Å². The molecule has 0 heterocycles. The second-order valence-electron chi connectivity index (χ2n) is 5.67. The fourth-order valence-corrected chi connectivity index (χ4v) is 3.18. The zero-order chi connectivity index (χ0) is 13.0. The minimum atomic E-state index is -0.117. The first-order valence-corrected chi connectivity index (χ1v) is 7.16. The van der Waals surface area contributed by atoms with Crippen LogP contribution in [0.25, 0.3) is 0 Å². The molecule has 18 heavy (non-hydrogen) atoms. The normalized spacial score (nSPS) is 24.8. The molecule has 0 saturated heterocycles. The van der Waals surface area contributed by atoms with E-state index in [4.69, 9.17) is 5.73 Å². The smallest absolute Gasteiger partial charge is 0.123 e. The molecule has 0 amide bonds. The van der Waals surface area contributed by atoms with Crippen LogP contribution in [0.3, 0.4) is 0 Å². The van der Waals surface area contributed by atoms with E-state index in [2.05, 4.69) is 6.92 Å². The molecule has 0 bridgehead atoms. The molecule has 1 nitrogen and oxygen atoms in total. The van der Waals surface area contributed by atoms with Crippen LogP contribution < -0.4 is 5.73 Å². The minimum Gasteiger partial charge on any atom is -0.330 e. The molecular formula is C16H24FN. The molecule has 1 saturated carbocycles. The van der Waals surface area contributed by atoms with Crippen LogP contribution in [-0.4, -0.2) is 6.54 Å². The Bertz CT molecular complexity index is 389. The summed E-state index contributed by atoms with van der Waals surface area (Å²) in [6.45, 7) is 2.85. The van der Waals surface area contributed by atoms with Crippen molar-refractivity contribution in [1.82, 2.24) is 0 Å². The van der Waals surface area contributed by atoms with Gasteiger partial charge in [-0.3, -0.25) is 0 Å². The Kier molecular flexibility index (Phi) is 4.76. The van der Waals surface area contributed by atoms with Crippen LogP contribution in [-0.2, 0) is 6.42 Å². The molecule has 0 spiro atoms. The molecule has 2 rings (SSSR count). The highest BCUT2D eigenvalue weighted by atomic mass is 19.1. The lowest BCUT2D eigenvalue weighted by atomic mass is 9.82. The van der Waals surface area contributed by atoms with E-state index in [0.717, 1.165) is 13.0 Å². The Morgan fingerprint density at radius 2 is 1.89 bits per heavy atom. The second-order valence-corrected chi connectivity index (χ2v) is 5.67. The molecule has 1 aromatic rings. The van der Waals surface area contributed by atoms with Crippen LogP contribution in [0.5, 0.6) is 0 Å². The molecule has 0 aliphatic heterocycles. The van der Waals surface area contributed by atoms with Crippen LogP contribution in [0, 0.1) is 24.6 Å². The van der Waals surface area contributed by atoms with Gasteiger partial charge in [0.15, 0.2) is 0 Å². The maximum Gasteiger partial charge on any atom is 0.123 e. The average molecular weight is 249 g/mol. The number of nitrogens with two attached hydrogens (primary N) is 1. The number of hydrogen-bond acceptors (Lipinski definition) is 1. The monoisotopic (exact) mass is 249 g/mol. The van der Waals surface area contributed by atoms with Gasteiger partial charge in [-0.05, 0) is 67.8 Å². The Balaban J connectivity index is 2.12. The van der Waals surface area contributed by atoms with E-state index in [1.165, 1.54) is 43.2 Å². The summed E-state index contributed by atoms with van der Waals surface area (Å²) in [5, 5.41) is 0. The first kappa shape index (κ1) is 13.5. The molecule has 1 aliphatic carbocycles. The van der Waals surface area contributed by atoms with Gasteiger partial charge in [-0.15, -0.1) is 0 Å². The van der Waals surface area contributed by atoms with Crippen molar-refractivity contribution in [3.8, 4) is 0 Å². The fourth-order valence-electron chi connectivity index (χ4n) is 3.18. The summed E-state index contributed by atoms with van der Waals surface area (Å²) in [4.78, 5) is 0. The third-order valence-electron chi connectivity index (χ3n) is 4.41. The number of aryl methyl sites for hydroxylation is 1. The van der Waals surface area contributed by atoms with Crippen LogP contribution >= 0.6 is 0 Å². The lowest BCUT2D eigenvalue weighted by Gasteiger charge is -2.24. The van der Waals surface area contributed by atoms with Gasteiger partial charge in [0.1, 0.15) is 5.82 Å². The molecule has 100 valence electrons. The van der Waals surface area contributed by atoms with Crippen molar-refractivity contribution in [2.75, 3.05) is 6.54 Å². The van der Waals surface area contributed by atoms with Gasteiger partial charge in [0.25, 0.3) is 0 Å². The van der Waals surface area contributed by atoms with Crippen LogP contribution in [0.1, 0.15) is 43.2 Å². The number of benzene rings is 1. The van der Waals surface area contributed by atoms with Gasteiger partial charge in [0, 0.05) is 0 Å². The molecule has 0 aromatic heterocycles. The topological polar surface area (TPSA) is 26.0 Å². The quantitative estimate of drug-likeness (QED) is 0.809. The summed E-state index contributed by atoms with van der Waals surface area (Å²) in [6, 6.07) is 5.14. The molecule has 1 aromatic carbocycles. The number of halogens is 1. The summed E-state index contributed by atoms with van der Waals surface area (Å²) in [7, 11) is 0. The van der Waals surface area contributed by atoms with Crippen molar-refractivity contribution in [3.63, 3.8) is 0 Å². The number of hydrogen-bond donors (Lipinski definition) is 1. The van der Waals surface area contributed by atoms with E-state index >= 15 is 0 Å². The van der Waals surface area contributed by atoms with Crippen LogP contribution in [0.4, 0.5) is 4.39 Å². The van der Waals surface area contributed by atoms with Gasteiger partial charge >= 0.3 is 0 Å². The van der Waals surface area contributed by atoms with Gasteiger partial charge in [-0.1, -0.05) is 25.3 Å². The largest absolute Gasteiger partial charge is 0.330 e. The summed E-state index contributed by atoms with van der Waals surface area (Å²) in [5.74, 6) is 1.14. The van der Waals surface area contributed by atoms with E-state index in [-0.39, 0.29) is 5.82 Å². The fraction of sp³-hybridized carbons (Fsp3) is 0.625. The van der Waals surface area contributed by atoms with E-state index in [9.17, 15) is 4.39 Å². The predicted molar refractivity (Wildman–Crippen MR) is 74.0 cm³/mol. The third kappa shape index (κ3) is 3.32. The lowest BCUT2D eigenvalue weighted by molar-refractivity contribution is 0.317. The summed E-state index contributed by atoms with van der Waals surface area (Å²) in [5.41, 5.74) is 8.28. The predicted octanol–water partition coefficient (Wildman–Crippen LogP) is 3.83. The zero-order valence-corrected chi connectivity index (χ0v) is 11.3. The van der Waals surface area contributed by atoms with Gasteiger partial charge in [-0.25, -0.2) is 4.39 Å². The number of rotatable bonds is 3. The lowest BCUT2D eigenvalue weighted by Crippen LogP contribution is -2.24. The SMILES string of the molecule is Cc1ccc(F)cc1CC1CCCCCC1CN. The molecule has 2 N–H and O–H groups in total. The van der Waals surface area contributed by atoms with Crippen LogP contribution in [0.15, 0.2) is 18.2 Å². The molecule has 0 radical (unpaired) electrons. The van der Waals surface area contributed by atoms with Gasteiger partial charge in [0.2, 0.25) is 0 Å². The zero-order valence-electron chi connectivity index (χ0n) is 11.3. The second kappa shape index (κ2) is 6.33. The Hall–Kier alpha value is -0.890. The van der Waals surface area contributed by atoms with Crippen molar-refractivity contribution in [2.45, 2.75) is 45.4 Å². The highest BCUT2D eigenvalue weighted by Gasteiger charge is 2.23. The maximum absolute atomic E-state index is 13.3. The van der Waals surface area contributed by atoms with Crippen molar-refractivity contribution in [1.29, 1.82) is 0 Å². The average Bonchev–Trinajstić information content (AvgIpc) is 2.59. The van der Waals surface area contributed by atoms with Crippen LogP contribution in [0.2, 0.25) is 0 Å². The summed E-state index contributed by atoms with van der Waals surface area (Å²) < 4.78 is 13.3. The maximum atomic E-state index is 13.3. The molecular weight excluding hydrogens is 225 g/mol. The first-order chi connectivity index (χ1) is 8.70. The summed E-state index contributed by atoms with van der Waals surface area (Å²) >= 11 is 0. The van der Waals surface area contributed by atoms with Gasteiger partial charge in [-0.2, -0.15) is 0 Å². The Morgan fingerprint density at radius 3 is 2.61 bits per heavy atom. The van der Waals surface area contributed by atoms with Crippen molar-refractivity contribution >= 4 is 0 Å². The minimum absolute atomic E-state index is 0.117. The third-order valence-corrected chi connectivity index (χ3v) is 4.41. The van der Waals surface area contributed by atoms with E-state index in [1.807, 2.05) is 6.07 Å². The highest BCUT2D eigenvalue weighted by molar-refractivity contribution is 5.27. The summed E-state index contributed by atoms with van der Waals surface area (Å²) in [6.07, 6.45) is 7.42. The first-order valence-electron chi connectivity index (χ1n) is 7.16.